The number of H-pyrrole nitrogens is 1. The number of nitrogens with zero attached hydrogens (tertiary/aromatic N) is 1. The molecule has 0 fully saturated rings. The van der Waals surface area contributed by atoms with Crippen molar-refractivity contribution in [3.63, 3.8) is 0 Å². The van der Waals surface area contributed by atoms with Gasteiger partial charge in [0.1, 0.15) is 5.75 Å². The van der Waals surface area contributed by atoms with Crippen molar-refractivity contribution in [3.05, 3.63) is 35.5 Å². The van der Waals surface area contributed by atoms with E-state index in [1.807, 2.05) is 6.07 Å². The maximum Gasteiger partial charge on any atom is 0.344 e. The van der Waals surface area contributed by atoms with E-state index in [-0.39, 0.29) is 0 Å². The maximum atomic E-state index is 10.7. The van der Waals surface area contributed by atoms with E-state index in [9.17, 15) is 4.79 Å². The minimum Gasteiger partial charge on any atom is -0.479 e. The van der Waals surface area contributed by atoms with Crippen molar-refractivity contribution < 1.29 is 14.6 Å². The second-order valence-electron chi connectivity index (χ2n) is 3.71. The fourth-order valence-corrected chi connectivity index (χ4v) is 1.65. The molecule has 94 valence electrons. The molecular weight excluding hydrogens is 256 g/mol. The maximum absolute atomic E-state index is 10.7. The number of nitrogens with one attached hydrogen (secondary N) is 1. The van der Waals surface area contributed by atoms with Gasteiger partial charge in [0, 0.05) is 11.8 Å². The number of aliphatic carboxylic acids is 1. The van der Waals surface area contributed by atoms with Gasteiger partial charge in [-0.25, -0.2) is 4.79 Å². The van der Waals surface area contributed by atoms with E-state index < -0.39 is 12.1 Å². The van der Waals surface area contributed by atoms with Gasteiger partial charge in [0.05, 0.1) is 10.7 Å². The Morgan fingerprint density at radius 1 is 1.50 bits per heavy atom. The number of carbonyl (C=O) groups is 1. The molecule has 0 saturated heterocycles. The molecule has 18 heavy (non-hydrogen) atoms. The summed E-state index contributed by atoms with van der Waals surface area (Å²) < 4.78 is 5.22. The fraction of sp³-hybridized carbons (Fsp3) is 0.167. The molecule has 2 rings (SSSR count). The molecule has 2 aromatic rings. The molecule has 0 aliphatic heterocycles. The van der Waals surface area contributed by atoms with Crippen LogP contribution < -0.4 is 4.74 Å². The van der Waals surface area contributed by atoms with Crippen LogP contribution in [0.2, 0.25) is 5.02 Å². The van der Waals surface area contributed by atoms with Gasteiger partial charge < -0.3 is 9.84 Å². The number of rotatable bonds is 4. The molecule has 0 aliphatic carbocycles. The standard InChI is InChI=1S/C12H11ClN2O3/c1-7(12(16)17)18-11-3-2-8(6-9(11)13)10-4-5-14-15-10/h2-7H,1H3,(H,14,15)(H,16,17). The van der Waals surface area contributed by atoms with Gasteiger partial charge in [-0.3, -0.25) is 5.10 Å². The van der Waals surface area contributed by atoms with E-state index in [4.69, 9.17) is 21.4 Å². The number of carboxylic acids is 1. The lowest BCUT2D eigenvalue weighted by atomic mass is 10.1. The highest BCUT2D eigenvalue weighted by atomic mass is 35.5. The van der Waals surface area contributed by atoms with Crippen LogP contribution in [0.4, 0.5) is 0 Å². The Balaban J connectivity index is 2.23. The highest BCUT2D eigenvalue weighted by Crippen LogP contribution is 2.30. The second-order valence-corrected chi connectivity index (χ2v) is 4.12. The van der Waals surface area contributed by atoms with Gasteiger partial charge >= 0.3 is 5.97 Å². The summed E-state index contributed by atoms with van der Waals surface area (Å²) in [4.78, 5) is 10.7. The first-order valence-electron chi connectivity index (χ1n) is 5.26. The zero-order valence-electron chi connectivity index (χ0n) is 9.55. The smallest absolute Gasteiger partial charge is 0.344 e. The summed E-state index contributed by atoms with van der Waals surface area (Å²) in [5, 5.41) is 15.8. The summed E-state index contributed by atoms with van der Waals surface area (Å²) in [6, 6.07) is 6.92. The molecular formula is C12H11ClN2O3. The summed E-state index contributed by atoms with van der Waals surface area (Å²) in [7, 11) is 0. The van der Waals surface area contributed by atoms with Gasteiger partial charge in [-0.05, 0) is 31.2 Å². The van der Waals surface area contributed by atoms with Crippen LogP contribution in [-0.4, -0.2) is 27.4 Å². The number of ether oxygens (including phenoxy) is 1. The Morgan fingerprint density at radius 2 is 2.28 bits per heavy atom. The molecule has 2 N–H and O–H groups in total. The summed E-state index contributed by atoms with van der Waals surface area (Å²) >= 11 is 6.04. The fourth-order valence-electron chi connectivity index (χ4n) is 1.42. The first-order valence-corrected chi connectivity index (χ1v) is 5.64. The van der Waals surface area contributed by atoms with Gasteiger partial charge in [-0.2, -0.15) is 5.10 Å². The first kappa shape index (κ1) is 12.4. The molecule has 0 amide bonds. The molecule has 1 heterocycles. The average Bonchev–Trinajstić information content (AvgIpc) is 2.85. The Morgan fingerprint density at radius 3 is 2.83 bits per heavy atom. The number of aromatic nitrogens is 2. The molecule has 0 aliphatic rings. The zero-order valence-corrected chi connectivity index (χ0v) is 10.3. The highest BCUT2D eigenvalue weighted by Gasteiger charge is 2.14. The molecule has 1 aromatic heterocycles. The van der Waals surface area contributed by atoms with Gasteiger partial charge in [-0.1, -0.05) is 11.6 Å². The minimum atomic E-state index is -1.04. The topological polar surface area (TPSA) is 75.2 Å². The normalized spacial score (nSPS) is 12.1. The third kappa shape index (κ3) is 2.62. The second kappa shape index (κ2) is 5.10. The quantitative estimate of drug-likeness (QED) is 0.892. The van der Waals surface area contributed by atoms with Crippen molar-refractivity contribution >= 4 is 17.6 Å². The van der Waals surface area contributed by atoms with Crippen molar-refractivity contribution in [1.82, 2.24) is 10.2 Å². The van der Waals surface area contributed by atoms with Crippen LogP contribution in [0, 0.1) is 0 Å². The SMILES string of the molecule is CC(Oc1ccc(-c2ccn[nH]2)cc1Cl)C(=O)O. The predicted molar refractivity (Wildman–Crippen MR) is 66.8 cm³/mol. The summed E-state index contributed by atoms with van der Waals surface area (Å²) in [5.74, 6) is -0.696. The van der Waals surface area contributed by atoms with Crippen molar-refractivity contribution in [1.29, 1.82) is 0 Å². The third-order valence-corrected chi connectivity index (χ3v) is 2.69. The van der Waals surface area contributed by atoms with Crippen LogP contribution in [-0.2, 0) is 4.79 Å². The van der Waals surface area contributed by atoms with Gasteiger partial charge in [-0.15, -0.1) is 0 Å². The van der Waals surface area contributed by atoms with Gasteiger partial charge in [0.25, 0.3) is 0 Å². The Bertz CT molecular complexity index is 554. The molecule has 6 heteroatoms. The lowest BCUT2D eigenvalue weighted by molar-refractivity contribution is -0.144. The van der Waals surface area contributed by atoms with Crippen LogP contribution in [0.3, 0.4) is 0 Å². The van der Waals surface area contributed by atoms with Gasteiger partial charge in [0.15, 0.2) is 6.10 Å². The zero-order chi connectivity index (χ0) is 13.1. The lowest BCUT2D eigenvalue weighted by Gasteiger charge is -2.12. The van der Waals surface area contributed by atoms with E-state index in [0.717, 1.165) is 11.3 Å². The summed E-state index contributed by atoms with van der Waals surface area (Å²) in [5.41, 5.74) is 1.68. The van der Waals surface area contributed by atoms with Crippen molar-refractivity contribution in [2.45, 2.75) is 13.0 Å². The van der Waals surface area contributed by atoms with Crippen LogP contribution >= 0.6 is 11.6 Å². The average molecular weight is 267 g/mol. The summed E-state index contributed by atoms with van der Waals surface area (Å²) in [6.45, 7) is 1.45. The number of aromatic amines is 1. The van der Waals surface area contributed by atoms with E-state index in [0.29, 0.717) is 10.8 Å². The van der Waals surface area contributed by atoms with Crippen molar-refractivity contribution in [3.8, 4) is 17.0 Å². The van der Waals surface area contributed by atoms with Crippen molar-refractivity contribution in [2.24, 2.45) is 0 Å². The third-order valence-electron chi connectivity index (χ3n) is 2.40. The molecule has 0 saturated carbocycles. The molecule has 5 nitrogen and oxygen atoms in total. The molecule has 1 unspecified atom stereocenters. The Hall–Kier alpha value is -2.01. The van der Waals surface area contributed by atoms with Crippen LogP contribution in [0.25, 0.3) is 11.3 Å². The van der Waals surface area contributed by atoms with E-state index in [1.54, 1.807) is 24.4 Å². The van der Waals surface area contributed by atoms with Crippen LogP contribution in [0.5, 0.6) is 5.75 Å². The molecule has 0 bridgehead atoms. The van der Waals surface area contributed by atoms with Crippen molar-refractivity contribution in [2.75, 3.05) is 0 Å². The minimum absolute atomic E-state index is 0.342. The number of hydrogen-bond acceptors (Lipinski definition) is 3. The molecule has 0 radical (unpaired) electrons. The van der Waals surface area contributed by atoms with E-state index >= 15 is 0 Å². The Labute approximate surface area is 108 Å². The monoisotopic (exact) mass is 266 g/mol. The Kier molecular flexibility index (Phi) is 3.53. The lowest BCUT2D eigenvalue weighted by Crippen LogP contribution is -2.22. The van der Waals surface area contributed by atoms with E-state index in [2.05, 4.69) is 10.2 Å². The highest BCUT2D eigenvalue weighted by molar-refractivity contribution is 6.32. The van der Waals surface area contributed by atoms with Crippen LogP contribution in [0.15, 0.2) is 30.5 Å². The number of benzene rings is 1. The molecule has 1 atom stereocenters. The molecule has 0 spiro atoms. The summed E-state index contributed by atoms with van der Waals surface area (Å²) in [6.07, 6.45) is 0.695. The van der Waals surface area contributed by atoms with E-state index in [1.165, 1.54) is 6.92 Å². The van der Waals surface area contributed by atoms with Crippen LogP contribution in [0.1, 0.15) is 6.92 Å². The molecule has 1 aromatic carbocycles. The largest absolute Gasteiger partial charge is 0.479 e. The predicted octanol–water partition coefficient (Wildman–Crippen LogP) is 2.58. The number of halogens is 1. The number of hydrogen-bond donors (Lipinski definition) is 2. The van der Waals surface area contributed by atoms with Gasteiger partial charge in [0.2, 0.25) is 0 Å². The first-order chi connectivity index (χ1) is 8.58. The number of carboxylic acid groups (broad SMARTS) is 1.